The molecule has 0 aliphatic heterocycles. The summed E-state index contributed by atoms with van der Waals surface area (Å²) >= 11 is 1.17. The van der Waals surface area contributed by atoms with Crippen LogP contribution in [0.15, 0.2) is 59.8 Å². The molecular weight excluding hydrogens is 442 g/mol. The second kappa shape index (κ2) is 9.70. The van der Waals surface area contributed by atoms with Crippen LogP contribution in [0.5, 0.6) is 5.75 Å². The third-order valence-electron chi connectivity index (χ3n) is 4.69. The summed E-state index contributed by atoms with van der Waals surface area (Å²) in [7, 11) is 1.32. The first-order chi connectivity index (χ1) is 16.0. The van der Waals surface area contributed by atoms with Gasteiger partial charge >= 0.3 is 5.97 Å². The number of para-hydroxylation sites is 1. The number of imidazole rings is 1. The van der Waals surface area contributed by atoms with E-state index in [2.05, 4.69) is 9.97 Å². The van der Waals surface area contributed by atoms with E-state index in [-0.39, 0.29) is 17.0 Å². The van der Waals surface area contributed by atoms with Gasteiger partial charge in [-0.2, -0.15) is 0 Å². The van der Waals surface area contributed by atoms with Crippen LogP contribution in [0.4, 0.5) is 0 Å². The molecule has 168 valence electrons. The molecule has 1 amide bonds. The first-order valence-corrected chi connectivity index (χ1v) is 11.1. The van der Waals surface area contributed by atoms with Gasteiger partial charge in [-0.05, 0) is 43.3 Å². The highest BCUT2D eigenvalue weighted by Gasteiger charge is 2.23. The Morgan fingerprint density at radius 1 is 1.03 bits per heavy atom. The zero-order valence-electron chi connectivity index (χ0n) is 18.0. The maximum absolute atomic E-state index is 12.3. The number of thioether (sulfide) groups is 1. The SMILES string of the molecule is CCOc1ccc(-c2nc(C(N)=O)c3nc(SCC(=O)OC)n(-c4ccccc4)c3n2)cc1. The van der Waals surface area contributed by atoms with E-state index in [9.17, 15) is 9.59 Å². The highest BCUT2D eigenvalue weighted by atomic mass is 32.2. The molecule has 2 heterocycles. The molecule has 9 nitrogen and oxygen atoms in total. The molecular formula is C23H21N5O4S. The van der Waals surface area contributed by atoms with Gasteiger partial charge in [0.25, 0.3) is 5.91 Å². The zero-order valence-corrected chi connectivity index (χ0v) is 18.8. The molecule has 10 heteroatoms. The Kier molecular flexibility index (Phi) is 6.55. The standard InChI is InChI=1S/C23H21N5O4S/c1-3-32-16-11-9-14(10-12-16)21-25-18(20(24)30)19-22(27-21)28(15-7-5-4-6-8-15)23(26-19)33-13-17(29)31-2/h4-12H,3,13H2,1-2H3,(H2,24,30). The predicted molar refractivity (Wildman–Crippen MR) is 125 cm³/mol. The minimum absolute atomic E-state index is 0.00140. The number of hydrogen-bond acceptors (Lipinski definition) is 8. The number of rotatable bonds is 8. The lowest BCUT2D eigenvalue weighted by atomic mass is 10.2. The van der Waals surface area contributed by atoms with Crippen LogP contribution in [0.2, 0.25) is 0 Å². The number of benzene rings is 2. The van der Waals surface area contributed by atoms with Gasteiger partial charge in [-0.15, -0.1) is 0 Å². The summed E-state index contributed by atoms with van der Waals surface area (Å²) < 4.78 is 12.0. The van der Waals surface area contributed by atoms with E-state index in [1.54, 1.807) is 4.57 Å². The van der Waals surface area contributed by atoms with E-state index >= 15 is 0 Å². The molecule has 0 saturated heterocycles. The van der Waals surface area contributed by atoms with Gasteiger partial charge in [-0.1, -0.05) is 30.0 Å². The molecule has 0 fully saturated rings. The summed E-state index contributed by atoms with van der Waals surface area (Å²) in [5.74, 6) is -0.0495. The summed E-state index contributed by atoms with van der Waals surface area (Å²) in [5.41, 5.74) is 7.76. The summed E-state index contributed by atoms with van der Waals surface area (Å²) in [4.78, 5) is 37.7. The number of nitrogens with two attached hydrogens (primary N) is 1. The van der Waals surface area contributed by atoms with Crippen molar-refractivity contribution in [1.82, 2.24) is 19.5 Å². The van der Waals surface area contributed by atoms with Crippen LogP contribution < -0.4 is 10.5 Å². The molecule has 33 heavy (non-hydrogen) atoms. The van der Waals surface area contributed by atoms with Crippen LogP contribution >= 0.6 is 11.8 Å². The summed E-state index contributed by atoms with van der Waals surface area (Å²) in [6.07, 6.45) is 0. The minimum Gasteiger partial charge on any atom is -0.494 e. The molecule has 0 aliphatic carbocycles. The second-order valence-electron chi connectivity index (χ2n) is 6.82. The van der Waals surface area contributed by atoms with Crippen molar-refractivity contribution in [2.75, 3.05) is 19.5 Å². The maximum atomic E-state index is 12.3. The highest BCUT2D eigenvalue weighted by Crippen LogP contribution is 2.30. The molecule has 4 aromatic rings. The average molecular weight is 464 g/mol. The lowest BCUT2D eigenvalue weighted by Crippen LogP contribution is -2.15. The van der Waals surface area contributed by atoms with Gasteiger partial charge in [-0.3, -0.25) is 14.2 Å². The monoisotopic (exact) mass is 463 g/mol. The van der Waals surface area contributed by atoms with E-state index in [0.717, 1.165) is 5.69 Å². The van der Waals surface area contributed by atoms with Gasteiger partial charge in [0.1, 0.15) is 11.3 Å². The molecule has 0 unspecified atom stereocenters. The van der Waals surface area contributed by atoms with Crippen molar-refractivity contribution < 1.29 is 19.1 Å². The smallest absolute Gasteiger partial charge is 0.316 e. The fourth-order valence-corrected chi connectivity index (χ4v) is 4.04. The molecule has 2 N–H and O–H groups in total. The molecule has 0 spiro atoms. The number of fused-ring (bicyclic) bond motifs is 1. The molecule has 0 aliphatic rings. The fourth-order valence-electron chi connectivity index (χ4n) is 3.19. The van der Waals surface area contributed by atoms with E-state index in [1.165, 1.54) is 18.9 Å². The zero-order chi connectivity index (χ0) is 23.4. The second-order valence-corrected chi connectivity index (χ2v) is 7.76. The minimum atomic E-state index is -0.725. The van der Waals surface area contributed by atoms with Crippen molar-refractivity contribution in [2.24, 2.45) is 5.73 Å². The van der Waals surface area contributed by atoms with E-state index in [0.29, 0.717) is 34.5 Å². The number of esters is 1. The molecule has 0 radical (unpaired) electrons. The Morgan fingerprint density at radius 3 is 2.39 bits per heavy atom. The maximum Gasteiger partial charge on any atom is 0.316 e. The number of methoxy groups -OCH3 is 1. The number of hydrogen-bond donors (Lipinski definition) is 1. The van der Waals surface area contributed by atoms with Crippen molar-refractivity contribution in [3.63, 3.8) is 0 Å². The normalized spacial score (nSPS) is 10.8. The molecule has 2 aromatic carbocycles. The summed E-state index contributed by atoms with van der Waals surface area (Å²) in [6.45, 7) is 2.46. The lowest BCUT2D eigenvalue weighted by Gasteiger charge is -2.09. The average Bonchev–Trinajstić information content (AvgIpc) is 3.21. The largest absolute Gasteiger partial charge is 0.494 e. The van der Waals surface area contributed by atoms with Crippen LogP contribution in [0.3, 0.4) is 0 Å². The Bertz CT molecular complexity index is 1310. The van der Waals surface area contributed by atoms with Crippen LogP contribution in [0, 0.1) is 0 Å². The van der Waals surface area contributed by atoms with Crippen molar-refractivity contribution in [2.45, 2.75) is 12.1 Å². The van der Waals surface area contributed by atoms with Gasteiger partial charge in [0.2, 0.25) is 0 Å². The van der Waals surface area contributed by atoms with Crippen molar-refractivity contribution in [3.8, 4) is 22.8 Å². The molecule has 0 bridgehead atoms. The fraction of sp³-hybridized carbons (Fsp3) is 0.174. The van der Waals surface area contributed by atoms with Crippen molar-refractivity contribution in [3.05, 3.63) is 60.3 Å². The third kappa shape index (κ3) is 4.65. The Labute approximate surface area is 194 Å². The highest BCUT2D eigenvalue weighted by molar-refractivity contribution is 7.99. The third-order valence-corrected chi connectivity index (χ3v) is 5.61. The lowest BCUT2D eigenvalue weighted by molar-refractivity contribution is -0.137. The van der Waals surface area contributed by atoms with Gasteiger partial charge in [0, 0.05) is 11.3 Å². The number of nitrogens with zero attached hydrogens (tertiary/aromatic N) is 4. The van der Waals surface area contributed by atoms with Crippen LogP contribution in [-0.2, 0) is 9.53 Å². The Balaban J connectivity index is 1.92. The topological polar surface area (TPSA) is 122 Å². The number of carbonyl (C=O) groups excluding carboxylic acids is 2. The number of ether oxygens (including phenoxy) is 2. The molecule has 4 rings (SSSR count). The Morgan fingerprint density at radius 2 is 1.76 bits per heavy atom. The molecule has 2 aromatic heterocycles. The van der Waals surface area contributed by atoms with Gasteiger partial charge in [0.05, 0.1) is 19.5 Å². The van der Waals surface area contributed by atoms with Gasteiger partial charge in [0.15, 0.2) is 22.3 Å². The van der Waals surface area contributed by atoms with E-state index < -0.39 is 11.9 Å². The van der Waals surface area contributed by atoms with Crippen molar-refractivity contribution in [1.29, 1.82) is 0 Å². The number of carbonyl (C=O) groups is 2. The summed E-state index contributed by atoms with van der Waals surface area (Å²) in [5, 5.41) is 0.460. The number of amides is 1. The predicted octanol–water partition coefficient (Wildman–Crippen LogP) is 3.25. The number of primary amides is 1. The van der Waals surface area contributed by atoms with Gasteiger partial charge in [-0.25, -0.2) is 15.0 Å². The Hall–Kier alpha value is -3.92. The van der Waals surface area contributed by atoms with Crippen molar-refractivity contribution >= 4 is 34.8 Å². The summed E-state index contributed by atoms with van der Waals surface area (Å²) in [6, 6.07) is 16.6. The first-order valence-electron chi connectivity index (χ1n) is 10.1. The van der Waals surface area contributed by atoms with Crippen LogP contribution in [0.1, 0.15) is 17.4 Å². The van der Waals surface area contributed by atoms with Crippen LogP contribution in [-0.4, -0.2) is 50.9 Å². The first kappa shape index (κ1) is 22.3. The molecule has 0 saturated carbocycles. The molecule has 0 atom stereocenters. The van der Waals surface area contributed by atoms with Gasteiger partial charge < -0.3 is 15.2 Å². The van der Waals surface area contributed by atoms with E-state index in [4.69, 9.17) is 20.2 Å². The number of aromatic nitrogens is 4. The van der Waals surface area contributed by atoms with E-state index in [1.807, 2.05) is 61.5 Å². The quantitative estimate of drug-likeness (QED) is 0.312. The van der Waals surface area contributed by atoms with Crippen LogP contribution in [0.25, 0.3) is 28.2 Å².